The molecule has 25 heavy (non-hydrogen) atoms. The third-order valence-electron chi connectivity index (χ3n) is 6.24. The maximum Gasteiger partial charge on any atom is 0.260 e. The van der Waals surface area contributed by atoms with Gasteiger partial charge in [-0.1, -0.05) is 6.07 Å². The summed E-state index contributed by atoms with van der Waals surface area (Å²) in [6.45, 7) is 2.93. The number of halogens is 1. The Hall–Kier alpha value is -1.69. The van der Waals surface area contributed by atoms with Crippen molar-refractivity contribution in [1.82, 2.24) is 14.8 Å². The summed E-state index contributed by atoms with van der Waals surface area (Å²) in [5, 5.41) is 0. The molecule has 0 N–H and O–H groups in total. The molecular formula is C19H26FN3O2. The normalized spacial score (nSPS) is 27.4. The van der Waals surface area contributed by atoms with Gasteiger partial charge in [-0.2, -0.15) is 0 Å². The molecule has 2 aliphatic heterocycles. The van der Waals surface area contributed by atoms with Crippen LogP contribution in [0, 0.1) is 5.92 Å². The number of alkyl halides is 1. The van der Waals surface area contributed by atoms with Crippen LogP contribution in [0.15, 0.2) is 24.4 Å². The summed E-state index contributed by atoms with van der Waals surface area (Å²) in [5.74, 6) is 0.813. The summed E-state index contributed by atoms with van der Waals surface area (Å²) in [5.41, 5.74) is -1.58. The molecular weight excluding hydrogens is 321 g/mol. The van der Waals surface area contributed by atoms with E-state index in [-0.39, 0.29) is 11.4 Å². The predicted molar refractivity (Wildman–Crippen MR) is 92.1 cm³/mol. The van der Waals surface area contributed by atoms with Crippen LogP contribution in [-0.2, 0) is 4.79 Å². The van der Waals surface area contributed by atoms with E-state index in [0.29, 0.717) is 44.3 Å². The van der Waals surface area contributed by atoms with Gasteiger partial charge in [-0.3, -0.25) is 9.69 Å². The minimum absolute atomic E-state index is 0.00778. The average Bonchev–Trinajstić information content (AvgIpc) is 2.57. The van der Waals surface area contributed by atoms with Crippen molar-refractivity contribution >= 4 is 5.91 Å². The zero-order chi connectivity index (χ0) is 17.5. The van der Waals surface area contributed by atoms with Crippen LogP contribution in [-0.4, -0.2) is 65.2 Å². The van der Waals surface area contributed by atoms with E-state index in [9.17, 15) is 9.18 Å². The number of hydrogen-bond acceptors (Lipinski definition) is 4. The first-order valence-corrected chi connectivity index (χ1v) is 9.24. The molecule has 6 heteroatoms. The molecule has 3 heterocycles. The number of amides is 1. The van der Waals surface area contributed by atoms with Crippen molar-refractivity contribution in [1.29, 1.82) is 0 Å². The largest absolute Gasteiger partial charge is 0.477 e. The van der Waals surface area contributed by atoms with E-state index in [4.69, 9.17) is 4.74 Å². The second-order valence-corrected chi connectivity index (χ2v) is 7.96. The standard InChI is InChI=1S/C19H26FN3O2/c1-22-10-6-15(12-25-16-5-2-3-9-21-16)11-18(22)13-23(14-18)17(24)19(20)7-4-8-19/h2-3,5,9,15H,4,6-8,10-14H2,1H3/t15-/m1/s1. The molecule has 0 aromatic carbocycles. The second kappa shape index (κ2) is 6.24. The number of hydrogen-bond donors (Lipinski definition) is 0. The van der Waals surface area contributed by atoms with E-state index in [2.05, 4.69) is 16.9 Å². The van der Waals surface area contributed by atoms with Gasteiger partial charge in [0.25, 0.3) is 5.91 Å². The fourth-order valence-electron chi connectivity index (χ4n) is 4.35. The number of rotatable bonds is 4. The Morgan fingerprint density at radius 2 is 2.20 bits per heavy atom. The molecule has 0 bridgehead atoms. The fourth-order valence-corrected chi connectivity index (χ4v) is 4.35. The molecule has 1 atom stereocenters. The van der Waals surface area contributed by atoms with Gasteiger partial charge in [-0.05, 0) is 57.7 Å². The van der Waals surface area contributed by atoms with Gasteiger partial charge in [-0.25, -0.2) is 9.37 Å². The lowest BCUT2D eigenvalue weighted by atomic mass is 9.73. The van der Waals surface area contributed by atoms with Crippen molar-refractivity contribution in [2.75, 3.05) is 33.3 Å². The van der Waals surface area contributed by atoms with Crippen LogP contribution in [0.4, 0.5) is 4.39 Å². The Morgan fingerprint density at radius 1 is 1.40 bits per heavy atom. The minimum atomic E-state index is -1.57. The van der Waals surface area contributed by atoms with Crippen molar-refractivity contribution in [3.05, 3.63) is 24.4 Å². The van der Waals surface area contributed by atoms with E-state index < -0.39 is 5.67 Å². The van der Waals surface area contributed by atoms with Gasteiger partial charge in [0.05, 0.1) is 12.1 Å². The van der Waals surface area contributed by atoms with Crippen molar-refractivity contribution in [3.63, 3.8) is 0 Å². The number of likely N-dealkylation sites (tertiary alicyclic amines) is 2. The summed E-state index contributed by atoms with van der Waals surface area (Å²) >= 11 is 0. The van der Waals surface area contributed by atoms with Gasteiger partial charge in [-0.15, -0.1) is 0 Å². The van der Waals surface area contributed by atoms with Gasteiger partial charge in [0.2, 0.25) is 5.88 Å². The maximum atomic E-state index is 14.4. The second-order valence-electron chi connectivity index (χ2n) is 7.96. The lowest BCUT2D eigenvalue weighted by molar-refractivity contribution is -0.168. The number of carbonyl (C=O) groups excluding carboxylic acids is 1. The number of ether oxygens (including phenoxy) is 1. The number of carbonyl (C=O) groups is 1. The first kappa shape index (κ1) is 16.8. The zero-order valence-electron chi connectivity index (χ0n) is 14.8. The summed E-state index contributed by atoms with van der Waals surface area (Å²) in [6.07, 6.45) is 5.41. The van der Waals surface area contributed by atoms with Crippen LogP contribution in [0.3, 0.4) is 0 Å². The van der Waals surface area contributed by atoms with Gasteiger partial charge < -0.3 is 9.64 Å². The third kappa shape index (κ3) is 3.01. The molecule has 0 radical (unpaired) electrons. The fraction of sp³-hybridized carbons (Fsp3) is 0.684. The molecule has 0 unspecified atom stereocenters. The Balaban J connectivity index is 1.33. The van der Waals surface area contributed by atoms with Crippen LogP contribution < -0.4 is 4.74 Å². The molecule has 4 rings (SSSR count). The van der Waals surface area contributed by atoms with Gasteiger partial charge in [0, 0.05) is 25.4 Å². The number of piperidine rings is 1. The van der Waals surface area contributed by atoms with E-state index in [1.807, 2.05) is 18.2 Å². The monoisotopic (exact) mass is 347 g/mol. The summed E-state index contributed by atoms with van der Waals surface area (Å²) in [6, 6.07) is 5.66. The van der Waals surface area contributed by atoms with Crippen LogP contribution in [0.5, 0.6) is 5.88 Å². The molecule has 3 aliphatic rings. The van der Waals surface area contributed by atoms with Crippen LogP contribution >= 0.6 is 0 Å². The highest BCUT2D eigenvalue weighted by atomic mass is 19.1. The van der Waals surface area contributed by atoms with E-state index >= 15 is 0 Å². The van der Waals surface area contributed by atoms with Crippen molar-refractivity contribution in [2.24, 2.45) is 5.92 Å². The van der Waals surface area contributed by atoms with Crippen molar-refractivity contribution in [2.45, 2.75) is 43.3 Å². The first-order valence-electron chi connectivity index (χ1n) is 9.24. The lowest BCUT2D eigenvalue weighted by Crippen LogP contribution is -2.74. The predicted octanol–water partition coefficient (Wildman–Crippen LogP) is 2.28. The zero-order valence-corrected chi connectivity index (χ0v) is 14.8. The Labute approximate surface area is 148 Å². The highest BCUT2D eigenvalue weighted by Gasteiger charge is 2.56. The third-order valence-corrected chi connectivity index (χ3v) is 6.24. The molecule has 2 saturated heterocycles. The summed E-state index contributed by atoms with van der Waals surface area (Å²) in [4.78, 5) is 20.6. The first-order chi connectivity index (χ1) is 12.0. The Morgan fingerprint density at radius 3 is 2.84 bits per heavy atom. The summed E-state index contributed by atoms with van der Waals surface area (Å²) < 4.78 is 20.2. The molecule has 1 amide bonds. The quantitative estimate of drug-likeness (QED) is 0.838. The molecule has 1 aliphatic carbocycles. The number of likely N-dealkylation sites (N-methyl/N-ethyl adjacent to an activating group) is 1. The van der Waals surface area contributed by atoms with E-state index in [0.717, 1.165) is 25.8 Å². The molecule has 1 spiro atoms. The van der Waals surface area contributed by atoms with Crippen molar-refractivity contribution in [3.8, 4) is 5.88 Å². The number of nitrogens with zero attached hydrogens (tertiary/aromatic N) is 3. The number of pyridine rings is 1. The maximum absolute atomic E-state index is 14.4. The van der Waals surface area contributed by atoms with Crippen LogP contribution in [0.2, 0.25) is 0 Å². The van der Waals surface area contributed by atoms with E-state index in [1.165, 1.54) is 0 Å². The van der Waals surface area contributed by atoms with Gasteiger partial charge in [0.1, 0.15) is 0 Å². The molecule has 136 valence electrons. The molecule has 1 saturated carbocycles. The van der Waals surface area contributed by atoms with Crippen LogP contribution in [0.25, 0.3) is 0 Å². The number of aromatic nitrogens is 1. The topological polar surface area (TPSA) is 45.7 Å². The molecule has 1 aromatic heterocycles. The Kier molecular flexibility index (Phi) is 4.18. The lowest BCUT2D eigenvalue weighted by Gasteiger charge is -2.59. The van der Waals surface area contributed by atoms with E-state index in [1.54, 1.807) is 11.1 Å². The SMILES string of the molecule is CN1CC[C@@H](COc2ccccn2)CC12CN(C(=O)C1(F)CCC1)C2. The highest BCUT2D eigenvalue weighted by molar-refractivity contribution is 5.87. The highest BCUT2D eigenvalue weighted by Crippen LogP contribution is 2.43. The molecule has 5 nitrogen and oxygen atoms in total. The van der Waals surface area contributed by atoms with Gasteiger partial charge >= 0.3 is 0 Å². The smallest absolute Gasteiger partial charge is 0.260 e. The van der Waals surface area contributed by atoms with Gasteiger partial charge in [0.15, 0.2) is 5.67 Å². The molecule has 3 fully saturated rings. The van der Waals surface area contributed by atoms with Crippen LogP contribution in [0.1, 0.15) is 32.1 Å². The summed E-state index contributed by atoms with van der Waals surface area (Å²) in [7, 11) is 2.12. The average molecular weight is 347 g/mol. The minimum Gasteiger partial charge on any atom is -0.477 e. The van der Waals surface area contributed by atoms with Crippen molar-refractivity contribution < 1.29 is 13.9 Å². The Bertz CT molecular complexity index is 629. The molecule has 1 aromatic rings.